The van der Waals surface area contributed by atoms with Crippen LogP contribution in [0.5, 0.6) is 0 Å². The molecule has 1 unspecified atom stereocenters. The molecule has 0 fully saturated rings. The average Bonchev–Trinajstić information content (AvgIpc) is 2.87. The van der Waals surface area contributed by atoms with E-state index in [0.717, 1.165) is 19.6 Å². The average molecular weight is 498 g/mol. The third kappa shape index (κ3) is 30.0. The molecule has 1 atom stereocenters. The van der Waals surface area contributed by atoms with Gasteiger partial charge in [-0.15, -0.1) is 0 Å². The van der Waals surface area contributed by atoms with E-state index in [0.29, 0.717) is 13.2 Å². The number of hydrogen-bond acceptors (Lipinski definition) is 3. The van der Waals surface area contributed by atoms with Gasteiger partial charge in [0.15, 0.2) is 0 Å². The van der Waals surface area contributed by atoms with Crippen LogP contribution in [-0.2, 0) is 9.47 Å². The number of nitrogens with two attached hydrogens (primary N) is 1. The normalized spacial score (nSPS) is 12.4. The van der Waals surface area contributed by atoms with E-state index < -0.39 is 0 Å². The van der Waals surface area contributed by atoms with Gasteiger partial charge in [0, 0.05) is 13.2 Å². The van der Waals surface area contributed by atoms with Gasteiger partial charge in [-0.3, -0.25) is 0 Å². The fraction of sp³-hybridized carbons (Fsp3) is 1.00. The summed E-state index contributed by atoms with van der Waals surface area (Å²) in [5.74, 6) is 0. The van der Waals surface area contributed by atoms with E-state index in [1.165, 1.54) is 154 Å². The lowest BCUT2D eigenvalue weighted by molar-refractivity contribution is -0.0211. The number of ether oxygens (including phenoxy) is 2. The van der Waals surface area contributed by atoms with E-state index in [-0.39, 0.29) is 6.10 Å². The molecule has 0 amide bonds. The second kappa shape index (κ2) is 31.9. The van der Waals surface area contributed by atoms with Gasteiger partial charge in [-0.05, 0) is 25.8 Å². The molecule has 0 aromatic carbocycles. The highest BCUT2D eigenvalue weighted by Gasteiger charge is 2.08. The Morgan fingerprint density at radius 1 is 0.457 bits per heavy atom. The second-order valence-corrected chi connectivity index (χ2v) is 10.9. The summed E-state index contributed by atoms with van der Waals surface area (Å²) in [6.07, 6.45) is 34.4. The molecular formula is C32H67NO2. The first-order valence-corrected chi connectivity index (χ1v) is 16.2. The Labute approximate surface area is 222 Å². The molecule has 0 radical (unpaired) electrons. The van der Waals surface area contributed by atoms with Crippen molar-refractivity contribution in [3.8, 4) is 0 Å². The van der Waals surface area contributed by atoms with Gasteiger partial charge >= 0.3 is 0 Å². The van der Waals surface area contributed by atoms with Crippen molar-refractivity contribution in [1.29, 1.82) is 0 Å². The molecule has 0 aliphatic rings. The molecule has 212 valence electrons. The molecule has 0 aromatic heterocycles. The number of hydrogen-bond donors (Lipinski definition) is 1. The van der Waals surface area contributed by atoms with Crippen LogP contribution in [-0.4, -0.2) is 32.5 Å². The molecule has 0 heterocycles. The smallest absolute Gasteiger partial charge is 0.0820 e. The zero-order valence-corrected chi connectivity index (χ0v) is 24.5. The summed E-state index contributed by atoms with van der Waals surface area (Å²) in [7, 11) is 0. The first kappa shape index (κ1) is 34.9. The lowest BCUT2D eigenvalue weighted by Crippen LogP contribution is -2.24. The predicted octanol–water partition coefficient (Wildman–Crippen LogP) is 10.1. The minimum atomic E-state index is 0.186. The fourth-order valence-electron chi connectivity index (χ4n) is 4.85. The minimum absolute atomic E-state index is 0.186. The summed E-state index contributed by atoms with van der Waals surface area (Å²) in [6.45, 7) is 7.71. The molecule has 0 aliphatic heterocycles. The summed E-state index contributed by atoms with van der Waals surface area (Å²) in [4.78, 5) is 0. The largest absolute Gasteiger partial charge is 0.379 e. The standard InChI is InChI=1S/C32H67NO2/c1-3-5-7-9-11-13-14-15-16-17-18-19-20-22-24-26-30-35-32(27-28-33)31-34-29-25-23-21-12-10-8-6-4-2/h32H,3-31,33H2,1-2H3. The van der Waals surface area contributed by atoms with Gasteiger partial charge in [0.25, 0.3) is 0 Å². The summed E-state index contributed by atoms with van der Waals surface area (Å²) < 4.78 is 12.0. The van der Waals surface area contributed by atoms with Gasteiger partial charge in [0.1, 0.15) is 0 Å². The zero-order chi connectivity index (χ0) is 25.5. The maximum absolute atomic E-state index is 6.08. The third-order valence-electron chi connectivity index (χ3n) is 7.29. The number of rotatable bonds is 31. The van der Waals surface area contributed by atoms with Crippen molar-refractivity contribution in [2.45, 2.75) is 180 Å². The quantitative estimate of drug-likeness (QED) is 0.0969. The Morgan fingerprint density at radius 3 is 1.17 bits per heavy atom. The highest BCUT2D eigenvalue weighted by Crippen LogP contribution is 2.14. The molecule has 0 saturated heterocycles. The van der Waals surface area contributed by atoms with Gasteiger partial charge in [-0.1, -0.05) is 155 Å². The molecule has 0 aliphatic carbocycles. The molecule has 0 saturated carbocycles. The van der Waals surface area contributed by atoms with E-state index >= 15 is 0 Å². The van der Waals surface area contributed by atoms with E-state index in [1.54, 1.807) is 0 Å². The molecule has 3 nitrogen and oxygen atoms in total. The maximum atomic E-state index is 6.08. The Bertz CT molecular complexity index is 363. The summed E-state index contributed by atoms with van der Waals surface area (Å²) >= 11 is 0. The van der Waals surface area contributed by atoms with Crippen LogP contribution in [0.15, 0.2) is 0 Å². The van der Waals surface area contributed by atoms with Crippen molar-refractivity contribution < 1.29 is 9.47 Å². The molecule has 35 heavy (non-hydrogen) atoms. The van der Waals surface area contributed by atoms with Crippen molar-refractivity contribution >= 4 is 0 Å². The van der Waals surface area contributed by atoms with Crippen LogP contribution in [0.2, 0.25) is 0 Å². The van der Waals surface area contributed by atoms with Crippen molar-refractivity contribution in [3.63, 3.8) is 0 Å². The molecule has 0 aromatic rings. The lowest BCUT2D eigenvalue weighted by Gasteiger charge is -2.17. The fourth-order valence-corrected chi connectivity index (χ4v) is 4.85. The zero-order valence-electron chi connectivity index (χ0n) is 24.5. The Balaban J connectivity index is 3.34. The highest BCUT2D eigenvalue weighted by atomic mass is 16.5. The van der Waals surface area contributed by atoms with Crippen LogP contribution >= 0.6 is 0 Å². The third-order valence-corrected chi connectivity index (χ3v) is 7.29. The van der Waals surface area contributed by atoms with Gasteiger partial charge in [-0.25, -0.2) is 0 Å². The van der Waals surface area contributed by atoms with Crippen molar-refractivity contribution in [2.75, 3.05) is 26.4 Å². The van der Waals surface area contributed by atoms with Crippen molar-refractivity contribution in [3.05, 3.63) is 0 Å². The van der Waals surface area contributed by atoms with Crippen molar-refractivity contribution in [1.82, 2.24) is 0 Å². The van der Waals surface area contributed by atoms with Gasteiger partial charge in [0.05, 0.1) is 12.7 Å². The maximum Gasteiger partial charge on any atom is 0.0820 e. The summed E-state index contributed by atoms with van der Waals surface area (Å²) in [6, 6.07) is 0. The molecular weight excluding hydrogens is 430 g/mol. The van der Waals surface area contributed by atoms with Gasteiger partial charge in [0.2, 0.25) is 0 Å². The van der Waals surface area contributed by atoms with Gasteiger partial charge < -0.3 is 15.2 Å². The SMILES string of the molecule is CCCCCCCCCCCCCCCCCCOC(CCN)COCCCCCCCCCC. The van der Waals surface area contributed by atoms with Crippen LogP contribution in [0, 0.1) is 0 Å². The Kier molecular flexibility index (Phi) is 31.8. The van der Waals surface area contributed by atoms with E-state index in [2.05, 4.69) is 13.8 Å². The molecule has 2 N–H and O–H groups in total. The summed E-state index contributed by atoms with van der Waals surface area (Å²) in [5, 5.41) is 0. The summed E-state index contributed by atoms with van der Waals surface area (Å²) in [5.41, 5.74) is 5.78. The van der Waals surface area contributed by atoms with Crippen LogP contribution in [0.3, 0.4) is 0 Å². The van der Waals surface area contributed by atoms with Crippen LogP contribution in [0.1, 0.15) is 174 Å². The first-order chi connectivity index (χ1) is 17.3. The predicted molar refractivity (Wildman–Crippen MR) is 156 cm³/mol. The van der Waals surface area contributed by atoms with E-state index in [1.807, 2.05) is 0 Å². The van der Waals surface area contributed by atoms with Crippen molar-refractivity contribution in [2.24, 2.45) is 5.73 Å². The molecule has 0 bridgehead atoms. The Hall–Kier alpha value is -0.120. The lowest BCUT2D eigenvalue weighted by atomic mass is 10.0. The van der Waals surface area contributed by atoms with Crippen LogP contribution in [0.25, 0.3) is 0 Å². The van der Waals surface area contributed by atoms with E-state index in [9.17, 15) is 0 Å². The van der Waals surface area contributed by atoms with Gasteiger partial charge in [-0.2, -0.15) is 0 Å². The molecule has 3 heteroatoms. The number of unbranched alkanes of at least 4 members (excludes halogenated alkanes) is 22. The minimum Gasteiger partial charge on any atom is -0.379 e. The monoisotopic (exact) mass is 498 g/mol. The molecule has 0 rings (SSSR count). The van der Waals surface area contributed by atoms with Crippen LogP contribution in [0.4, 0.5) is 0 Å². The van der Waals surface area contributed by atoms with Crippen LogP contribution < -0.4 is 5.73 Å². The highest BCUT2D eigenvalue weighted by molar-refractivity contribution is 4.58. The van der Waals surface area contributed by atoms with E-state index in [4.69, 9.17) is 15.2 Å². The molecule has 0 spiro atoms. The second-order valence-electron chi connectivity index (χ2n) is 10.9. The Morgan fingerprint density at radius 2 is 0.800 bits per heavy atom. The first-order valence-electron chi connectivity index (χ1n) is 16.2. The topological polar surface area (TPSA) is 44.5 Å².